The van der Waals surface area contributed by atoms with E-state index >= 15 is 0 Å². The molecule has 116 valence electrons. The molecule has 25 heavy (non-hydrogen) atoms. The number of benzene rings is 4. The van der Waals surface area contributed by atoms with Crippen molar-refractivity contribution < 1.29 is 0 Å². The summed E-state index contributed by atoms with van der Waals surface area (Å²) in [7, 11) is 0. The van der Waals surface area contributed by atoms with E-state index in [9.17, 15) is 0 Å². The van der Waals surface area contributed by atoms with E-state index in [-0.39, 0.29) is 0 Å². The first-order valence-corrected chi connectivity index (χ1v) is 8.50. The molecule has 0 atom stereocenters. The van der Waals surface area contributed by atoms with Gasteiger partial charge in [0.2, 0.25) is 0 Å². The third-order valence-corrected chi connectivity index (χ3v) is 5.22. The quantitative estimate of drug-likeness (QED) is 0.333. The van der Waals surface area contributed by atoms with Gasteiger partial charge in [-0.05, 0) is 22.2 Å². The van der Waals surface area contributed by atoms with E-state index in [1.54, 1.807) is 0 Å². The van der Waals surface area contributed by atoms with Crippen LogP contribution in [0.2, 0.25) is 0 Å². The van der Waals surface area contributed by atoms with Crippen LogP contribution >= 0.6 is 0 Å². The van der Waals surface area contributed by atoms with Crippen molar-refractivity contribution in [2.75, 3.05) is 0 Å². The van der Waals surface area contributed by atoms with Gasteiger partial charge in [-0.1, -0.05) is 66.7 Å². The minimum Gasteiger partial charge on any atom is -0.352 e. The number of aromatic amines is 1. The first kappa shape index (κ1) is 13.0. The number of aromatic nitrogens is 2. The van der Waals surface area contributed by atoms with Crippen molar-refractivity contribution >= 4 is 54.3 Å². The van der Waals surface area contributed by atoms with Gasteiger partial charge in [0.05, 0.1) is 16.6 Å². The zero-order valence-corrected chi connectivity index (χ0v) is 13.5. The lowest BCUT2D eigenvalue weighted by molar-refractivity contribution is 1.41. The summed E-state index contributed by atoms with van der Waals surface area (Å²) in [4.78, 5) is 8.31. The Balaban J connectivity index is 1.93. The van der Waals surface area contributed by atoms with Gasteiger partial charge >= 0.3 is 0 Å². The van der Waals surface area contributed by atoms with Gasteiger partial charge in [0.15, 0.2) is 0 Å². The van der Waals surface area contributed by atoms with Crippen molar-refractivity contribution in [2.24, 2.45) is 0 Å². The van der Waals surface area contributed by atoms with Crippen molar-refractivity contribution in [3.8, 4) is 0 Å². The molecule has 2 heteroatoms. The maximum absolute atomic E-state index is 4.62. The van der Waals surface area contributed by atoms with Crippen LogP contribution in [0.4, 0.5) is 0 Å². The SMILES string of the molecule is c1ccc2c(c1)ccc1ccc3c4ccc5cccnc5c4[nH]c3c12. The number of hydrogen-bond donors (Lipinski definition) is 1. The highest BCUT2D eigenvalue weighted by molar-refractivity contribution is 6.26. The minimum absolute atomic E-state index is 1.03. The van der Waals surface area contributed by atoms with Gasteiger partial charge in [-0.2, -0.15) is 0 Å². The summed E-state index contributed by atoms with van der Waals surface area (Å²) in [6.45, 7) is 0. The Morgan fingerprint density at radius 1 is 0.560 bits per heavy atom. The molecule has 2 heterocycles. The van der Waals surface area contributed by atoms with E-state index in [1.807, 2.05) is 12.3 Å². The average molecular weight is 318 g/mol. The van der Waals surface area contributed by atoms with Gasteiger partial charge in [-0.25, -0.2) is 0 Å². The number of H-pyrrole nitrogens is 1. The fourth-order valence-electron chi connectivity index (χ4n) is 4.07. The first-order valence-electron chi connectivity index (χ1n) is 8.50. The summed E-state index contributed by atoms with van der Waals surface area (Å²) in [5.41, 5.74) is 3.35. The van der Waals surface area contributed by atoms with Crippen LogP contribution in [0, 0.1) is 0 Å². The van der Waals surface area contributed by atoms with Crippen LogP contribution in [-0.4, -0.2) is 9.97 Å². The highest BCUT2D eigenvalue weighted by Gasteiger charge is 2.12. The number of hydrogen-bond acceptors (Lipinski definition) is 1. The molecule has 0 amide bonds. The Morgan fingerprint density at radius 3 is 2.24 bits per heavy atom. The average Bonchev–Trinajstić information content (AvgIpc) is 3.07. The Morgan fingerprint density at radius 2 is 1.28 bits per heavy atom. The third kappa shape index (κ3) is 1.66. The third-order valence-electron chi connectivity index (χ3n) is 5.22. The van der Waals surface area contributed by atoms with E-state index in [0.717, 1.165) is 16.4 Å². The molecule has 0 aliphatic carbocycles. The second-order valence-corrected chi connectivity index (χ2v) is 6.56. The lowest BCUT2D eigenvalue weighted by atomic mass is 9.99. The van der Waals surface area contributed by atoms with Gasteiger partial charge < -0.3 is 4.98 Å². The summed E-state index contributed by atoms with van der Waals surface area (Å²) in [5, 5.41) is 8.75. The molecule has 0 spiro atoms. The van der Waals surface area contributed by atoms with Crippen LogP contribution in [0.15, 0.2) is 79.0 Å². The molecular weight excluding hydrogens is 304 g/mol. The number of rotatable bonds is 0. The fourth-order valence-corrected chi connectivity index (χ4v) is 4.07. The van der Waals surface area contributed by atoms with E-state index < -0.39 is 0 Å². The van der Waals surface area contributed by atoms with Crippen LogP contribution in [0.1, 0.15) is 0 Å². The molecule has 2 nitrogen and oxygen atoms in total. The molecular formula is C23H14N2. The van der Waals surface area contributed by atoms with Crippen LogP contribution < -0.4 is 0 Å². The number of nitrogens with one attached hydrogen (secondary N) is 1. The molecule has 0 aliphatic rings. The second-order valence-electron chi connectivity index (χ2n) is 6.56. The van der Waals surface area contributed by atoms with Crippen LogP contribution in [0.3, 0.4) is 0 Å². The summed E-state index contributed by atoms with van der Waals surface area (Å²) in [5.74, 6) is 0. The summed E-state index contributed by atoms with van der Waals surface area (Å²) in [6, 6.07) is 25.9. The second kappa shape index (κ2) is 4.58. The van der Waals surface area contributed by atoms with Crippen LogP contribution in [0.5, 0.6) is 0 Å². The maximum atomic E-state index is 4.62. The van der Waals surface area contributed by atoms with E-state index in [0.29, 0.717) is 0 Å². The fraction of sp³-hybridized carbons (Fsp3) is 0. The largest absolute Gasteiger partial charge is 0.352 e. The van der Waals surface area contributed by atoms with Crippen molar-refractivity contribution in [1.82, 2.24) is 9.97 Å². The predicted octanol–water partition coefficient (Wildman–Crippen LogP) is 6.18. The number of fused-ring (bicyclic) bond motifs is 9. The topological polar surface area (TPSA) is 28.7 Å². The molecule has 0 saturated carbocycles. The molecule has 6 rings (SSSR count). The molecule has 0 radical (unpaired) electrons. The number of nitrogens with zero attached hydrogens (tertiary/aromatic N) is 1. The molecule has 0 aliphatic heterocycles. The highest BCUT2D eigenvalue weighted by atomic mass is 14.8. The zero-order chi connectivity index (χ0) is 16.4. The summed E-state index contributed by atoms with van der Waals surface area (Å²) >= 11 is 0. The van der Waals surface area contributed by atoms with Gasteiger partial charge in [0.1, 0.15) is 0 Å². The van der Waals surface area contributed by atoms with E-state index in [4.69, 9.17) is 0 Å². The van der Waals surface area contributed by atoms with E-state index in [1.165, 1.54) is 37.8 Å². The van der Waals surface area contributed by atoms with Crippen molar-refractivity contribution in [1.29, 1.82) is 0 Å². The minimum atomic E-state index is 1.03. The van der Waals surface area contributed by atoms with Crippen molar-refractivity contribution in [2.45, 2.75) is 0 Å². The predicted molar refractivity (Wildman–Crippen MR) is 106 cm³/mol. The Labute approximate surface area is 143 Å². The van der Waals surface area contributed by atoms with Crippen LogP contribution in [-0.2, 0) is 0 Å². The molecule has 0 bridgehead atoms. The lowest BCUT2D eigenvalue weighted by Gasteiger charge is -2.05. The van der Waals surface area contributed by atoms with Gasteiger partial charge in [0.25, 0.3) is 0 Å². The maximum Gasteiger partial charge on any atom is 0.0943 e. The monoisotopic (exact) mass is 318 g/mol. The van der Waals surface area contributed by atoms with Crippen molar-refractivity contribution in [3.63, 3.8) is 0 Å². The van der Waals surface area contributed by atoms with Gasteiger partial charge in [-0.15, -0.1) is 0 Å². The molecule has 4 aromatic carbocycles. The molecule has 2 aromatic heterocycles. The first-order chi connectivity index (χ1) is 12.4. The zero-order valence-electron chi connectivity index (χ0n) is 13.5. The van der Waals surface area contributed by atoms with Gasteiger partial charge in [0, 0.05) is 27.7 Å². The molecule has 0 fully saturated rings. The Kier molecular flexibility index (Phi) is 2.37. The van der Waals surface area contributed by atoms with Gasteiger partial charge in [-0.3, -0.25) is 4.98 Å². The summed E-state index contributed by atoms with van der Waals surface area (Å²) in [6.07, 6.45) is 1.86. The standard InChI is InChI=1S/C23H14N2/c1-2-6-17-14(4-1)7-8-15-9-11-18-19-12-10-16-5-3-13-24-21(16)23(19)25-22(18)20(15)17/h1-13,25H. The Hall–Kier alpha value is -3.39. The van der Waals surface area contributed by atoms with Crippen LogP contribution in [0.25, 0.3) is 54.3 Å². The normalized spacial score (nSPS) is 12.0. The highest BCUT2D eigenvalue weighted by Crippen LogP contribution is 2.36. The lowest BCUT2D eigenvalue weighted by Crippen LogP contribution is -1.80. The molecule has 1 N–H and O–H groups in total. The molecule has 0 saturated heterocycles. The smallest absolute Gasteiger partial charge is 0.0943 e. The summed E-state index contributed by atoms with van der Waals surface area (Å²) < 4.78 is 0. The number of pyridine rings is 1. The Bertz CT molecular complexity index is 1440. The molecule has 6 aromatic rings. The molecule has 0 unspecified atom stereocenters. The van der Waals surface area contributed by atoms with E-state index in [2.05, 4.69) is 76.7 Å². The van der Waals surface area contributed by atoms with Crippen molar-refractivity contribution in [3.05, 3.63) is 79.0 Å².